The van der Waals surface area contributed by atoms with Gasteiger partial charge in [0.05, 0.1) is 26.0 Å². The summed E-state index contributed by atoms with van der Waals surface area (Å²) < 4.78 is 11.3. The second kappa shape index (κ2) is 9.31. The van der Waals surface area contributed by atoms with E-state index in [0.29, 0.717) is 17.2 Å². The van der Waals surface area contributed by atoms with Gasteiger partial charge in [0.1, 0.15) is 0 Å². The fourth-order valence-corrected chi connectivity index (χ4v) is 4.97. The lowest BCUT2D eigenvalue weighted by Crippen LogP contribution is -2.41. The van der Waals surface area contributed by atoms with Crippen LogP contribution in [0, 0.1) is 0 Å². The van der Waals surface area contributed by atoms with Crippen molar-refractivity contribution >= 4 is 17.3 Å². The number of rotatable bonds is 5. The molecule has 3 aromatic carbocycles. The largest absolute Gasteiger partial charge is 0.493 e. The van der Waals surface area contributed by atoms with E-state index in [-0.39, 0.29) is 11.9 Å². The molecule has 0 spiro atoms. The number of nitrogens with zero attached hydrogens (tertiary/aromatic N) is 2. The van der Waals surface area contributed by atoms with Gasteiger partial charge in [-0.2, -0.15) is 0 Å². The first-order valence-electron chi connectivity index (χ1n) is 11.6. The minimum atomic E-state index is -0.134. The molecule has 5 rings (SSSR count). The van der Waals surface area contributed by atoms with E-state index in [2.05, 4.69) is 23.3 Å². The summed E-state index contributed by atoms with van der Waals surface area (Å²) in [5.41, 5.74) is 5.55. The third-order valence-corrected chi connectivity index (χ3v) is 6.71. The number of anilines is 1. The lowest BCUT2D eigenvalue weighted by atomic mass is 9.79. The average molecular weight is 456 g/mol. The molecule has 1 saturated heterocycles. The van der Waals surface area contributed by atoms with Crippen molar-refractivity contribution in [3.63, 3.8) is 0 Å². The normalized spacial score (nSPS) is 19.4. The summed E-state index contributed by atoms with van der Waals surface area (Å²) >= 11 is 0. The number of carbonyl (C=O) groups excluding carboxylic acids is 1. The van der Waals surface area contributed by atoms with Crippen molar-refractivity contribution in [2.45, 2.75) is 18.4 Å². The Morgan fingerprint density at radius 3 is 2.53 bits per heavy atom. The fraction of sp³-hybridized carbons (Fsp3) is 0.286. The summed E-state index contributed by atoms with van der Waals surface area (Å²) in [7, 11) is 5.49. The molecule has 0 aliphatic carbocycles. The van der Waals surface area contributed by atoms with Crippen molar-refractivity contribution in [3.8, 4) is 11.5 Å². The number of nitrogens with one attached hydrogen (secondary N) is 1. The molecule has 1 N–H and O–H groups in total. The number of amides is 1. The van der Waals surface area contributed by atoms with Gasteiger partial charge in [-0.25, -0.2) is 0 Å². The Morgan fingerprint density at radius 1 is 1.00 bits per heavy atom. The van der Waals surface area contributed by atoms with Crippen LogP contribution >= 0.6 is 0 Å². The van der Waals surface area contributed by atoms with Crippen LogP contribution < -0.4 is 14.8 Å². The van der Waals surface area contributed by atoms with Crippen LogP contribution in [0.1, 0.15) is 39.4 Å². The van der Waals surface area contributed by atoms with Crippen molar-refractivity contribution in [1.29, 1.82) is 0 Å². The quantitative estimate of drug-likeness (QED) is 0.611. The van der Waals surface area contributed by atoms with Crippen molar-refractivity contribution in [2.24, 2.45) is 4.99 Å². The highest BCUT2D eigenvalue weighted by molar-refractivity contribution is 6.15. The Kier molecular flexibility index (Phi) is 6.07. The molecule has 2 heterocycles. The number of hydrogen-bond donors (Lipinski definition) is 1. The van der Waals surface area contributed by atoms with Crippen LogP contribution in [0.25, 0.3) is 0 Å². The number of likely N-dealkylation sites (tertiary alicyclic amines) is 1. The molecular weight excluding hydrogens is 426 g/mol. The van der Waals surface area contributed by atoms with Crippen LogP contribution in [0.3, 0.4) is 0 Å². The third kappa shape index (κ3) is 4.17. The molecule has 3 aromatic rings. The number of ether oxygens (including phenoxy) is 2. The lowest BCUT2D eigenvalue weighted by Gasteiger charge is -2.39. The van der Waals surface area contributed by atoms with Crippen molar-refractivity contribution in [3.05, 3.63) is 89.0 Å². The van der Waals surface area contributed by atoms with Gasteiger partial charge in [0, 0.05) is 34.8 Å². The smallest absolute Gasteiger partial charge is 0.255 e. The van der Waals surface area contributed by atoms with Gasteiger partial charge in [0.2, 0.25) is 0 Å². The Labute approximate surface area is 200 Å². The average Bonchev–Trinajstić information content (AvgIpc) is 2.88. The van der Waals surface area contributed by atoms with Crippen LogP contribution in [0.4, 0.5) is 5.69 Å². The molecule has 6 heteroatoms. The van der Waals surface area contributed by atoms with E-state index in [0.717, 1.165) is 47.8 Å². The molecular formula is C28H29N3O3. The second-order valence-corrected chi connectivity index (χ2v) is 8.90. The highest BCUT2D eigenvalue weighted by atomic mass is 16.5. The summed E-state index contributed by atoms with van der Waals surface area (Å²) in [4.78, 5) is 20.3. The molecule has 2 aliphatic heterocycles. The zero-order valence-electron chi connectivity index (χ0n) is 19.7. The first-order valence-corrected chi connectivity index (χ1v) is 11.6. The Bertz CT molecular complexity index is 1240. The van der Waals surface area contributed by atoms with E-state index in [9.17, 15) is 4.79 Å². The first-order chi connectivity index (χ1) is 16.6. The molecule has 1 amide bonds. The summed E-state index contributed by atoms with van der Waals surface area (Å²) in [6, 6.07) is 21.5. The highest BCUT2D eigenvalue weighted by Crippen LogP contribution is 2.42. The monoisotopic (exact) mass is 455 g/mol. The number of piperidine rings is 1. The fourth-order valence-electron chi connectivity index (χ4n) is 4.97. The summed E-state index contributed by atoms with van der Waals surface area (Å²) in [6.45, 7) is 1.98. The van der Waals surface area contributed by atoms with Crippen molar-refractivity contribution < 1.29 is 14.3 Å². The maximum Gasteiger partial charge on any atom is 0.255 e. The molecule has 6 nitrogen and oxygen atoms in total. The lowest BCUT2D eigenvalue weighted by molar-refractivity contribution is 0.102. The van der Waals surface area contributed by atoms with Gasteiger partial charge >= 0.3 is 0 Å². The molecule has 0 bridgehead atoms. The van der Waals surface area contributed by atoms with Crippen LogP contribution in [-0.4, -0.2) is 56.9 Å². The Hall–Kier alpha value is -3.64. The molecule has 2 unspecified atom stereocenters. The molecule has 2 aliphatic rings. The van der Waals surface area contributed by atoms with Gasteiger partial charge in [0.25, 0.3) is 5.91 Å². The van der Waals surface area contributed by atoms with E-state index >= 15 is 0 Å². The van der Waals surface area contributed by atoms with E-state index < -0.39 is 0 Å². The van der Waals surface area contributed by atoms with Gasteiger partial charge < -0.3 is 19.7 Å². The van der Waals surface area contributed by atoms with Gasteiger partial charge in [-0.15, -0.1) is 0 Å². The van der Waals surface area contributed by atoms with E-state index in [4.69, 9.17) is 14.5 Å². The second-order valence-electron chi connectivity index (χ2n) is 8.90. The molecule has 0 aromatic heterocycles. The van der Waals surface area contributed by atoms with E-state index in [1.807, 2.05) is 48.5 Å². The predicted octanol–water partition coefficient (Wildman–Crippen LogP) is 4.59. The van der Waals surface area contributed by atoms with Crippen LogP contribution in [0.2, 0.25) is 0 Å². The predicted molar refractivity (Wildman–Crippen MR) is 135 cm³/mol. The van der Waals surface area contributed by atoms with Gasteiger partial charge in [-0.05, 0) is 62.0 Å². The maximum absolute atomic E-state index is 12.7. The molecule has 2 atom stereocenters. The van der Waals surface area contributed by atoms with Crippen molar-refractivity contribution in [2.75, 3.05) is 39.7 Å². The molecule has 0 saturated carbocycles. The number of aliphatic imine (C=N–C) groups is 1. The SMILES string of the molecule is COc1cc2c(cc1OC)C1CN(C)CCC1N=C2c1cccc(NC(=O)c2ccccc2)c1. The summed E-state index contributed by atoms with van der Waals surface area (Å²) in [6.07, 6.45) is 1.00. The van der Waals surface area contributed by atoms with Crippen LogP contribution in [0.15, 0.2) is 71.7 Å². The minimum Gasteiger partial charge on any atom is -0.493 e. The molecule has 174 valence electrons. The third-order valence-electron chi connectivity index (χ3n) is 6.71. The summed E-state index contributed by atoms with van der Waals surface area (Å²) in [5.74, 6) is 1.59. The van der Waals surface area contributed by atoms with Gasteiger partial charge in [-0.1, -0.05) is 30.3 Å². The Balaban J connectivity index is 1.55. The highest BCUT2D eigenvalue weighted by Gasteiger charge is 2.36. The van der Waals surface area contributed by atoms with Crippen molar-refractivity contribution in [1.82, 2.24) is 4.90 Å². The summed E-state index contributed by atoms with van der Waals surface area (Å²) in [5, 5.41) is 3.02. The number of likely N-dealkylation sites (N-methyl/N-ethyl adjacent to an activating group) is 1. The van der Waals surface area contributed by atoms with Crippen LogP contribution in [0.5, 0.6) is 11.5 Å². The molecule has 0 radical (unpaired) electrons. The zero-order chi connectivity index (χ0) is 23.7. The van der Waals surface area contributed by atoms with E-state index in [1.54, 1.807) is 26.4 Å². The topological polar surface area (TPSA) is 63.2 Å². The minimum absolute atomic E-state index is 0.134. The van der Waals surface area contributed by atoms with Crippen LogP contribution in [-0.2, 0) is 0 Å². The number of carbonyl (C=O) groups is 1. The van der Waals surface area contributed by atoms with E-state index in [1.165, 1.54) is 5.56 Å². The Morgan fingerprint density at radius 2 is 1.76 bits per heavy atom. The maximum atomic E-state index is 12.7. The van der Waals surface area contributed by atoms with Gasteiger partial charge in [0.15, 0.2) is 11.5 Å². The standard InChI is InChI=1S/C28H29N3O3/c1-31-13-12-24-23(17-31)21-15-25(33-2)26(34-3)16-22(21)27(30-24)19-10-7-11-20(14-19)29-28(32)18-8-5-4-6-9-18/h4-11,14-16,23-24H,12-13,17H2,1-3H3,(H,29,32). The number of benzene rings is 3. The van der Waals surface area contributed by atoms with Gasteiger partial charge in [-0.3, -0.25) is 9.79 Å². The zero-order valence-corrected chi connectivity index (χ0v) is 19.7. The molecule has 34 heavy (non-hydrogen) atoms. The number of hydrogen-bond acceptors (Lipinski definition) is 5. The molecule has 1 fully saturated rings. The first kappa shape index (κ1) is 22.2. The number of fused-ring (bicyclic) bond motifs is 3. The number of methoxy groups -OCH3 is 2.